The van der Waals surface area contributed by atoms with Gasteiger partial charge in [0.15, 0.2) is 0 Å². The van der Waals surface area contributed by atoms with Crippen molar-refractivity contribution < 1.29 is 9.90 Å². The van der Waals surface area contributed by atoms with Crippen LogP contribution in [0.1, 0.15) is 56.7 Å². The van der Waals surface area contributed by atoms with Gasteiger partial charge in [-0.1, -0.05) is 12.8 Å². The van der Waals surface area contributed by atoms with Gasteiger partial charge in [0, 0.05) is 18.8 Å². The first-order chi connectivity index (χ1) is 9.72. The van der Waals surface area contributed by atoms with Gasteiger partial charge in [0.25, 0.3) is 0 Å². The third-order valence-electron chi connectivity index (χ3n) is 4.64. The number of hydrogen-bond acceptors (Lipinski definition) is 3. The largest absolute Gasteiger partial charge is 0.481 e. The lowest BCUT2D eigenvalue weighted by atomic mass is 10.1. The number of rotatable bonds is 5. The van der Waals surface area contributed by atoms with Crippen molar-refractivity contribution >= 4 is 5.97 Å². The van der Waals surface area contributed by atoms with E-state index >= 15 is 0 Å². The summed E-state index contributed by atoms with van der Waals surface area (Å²) in [6, 6.07) is 2.86. The molecule has 0 aromatic carbocycles. The molecule has 2 aliphatic rings. The Hall–Kier alpha value is -1.36. The van der Waals surface area contributed by atoms with Crippen molar-refractivity contribution in [3.8, 4) is 0 Å². The van der Waals surface area contributed by atoms with Gasteiger partial charge in [0.2, 0.25) is 0 Å². The van der Waals surface area contributed by atoms with Gasteiger partial charge < -0.3 is 5.11 Å². The van der Waals surface area contributed by atoms with Crippen LogP contribution in [0.15, 0.2) is 12.3 Å². The minimum Gasteiger partial charge on any atom is -0.481 e. The number of carboxylic acids is 1. The Kier molecular flexibility index (Phi) is 4.05. The monoisotopic (exact) mass is 277 g/mol. The van der Waals surface area contributed by atoms with Crippen LogP contribution in [-0.2, 0) is 11.3 Å². The number of carbonyl (C=O) groups is 1. The summed E-state index contributed by atoms with van der Waals surface area (Å²) in [5, 5.41) is 13.7. The van der Waals surface area contributed by atoms with E-state index in [4.69, 9.17) is 10.2 Å². The molecule has 0 amide bonds. The molecule has 1 aromatic rings. The molecule has 1 atom stereocenters. The average Bonchev–Trinajstić information content (AvgIpc) is 3.11. The predicted molar refractivity (Wildman–Crippen MR) is 75.4 cm³/mol. The summed E-state index contributed by atoms with van der Waals surface area (Å²) in [4.78, 5) is 13.2. The zero-order valence-corrected chi connectivity index (χ0v) is 11.9. The maximum Gasteiger partial charge on any atom is 0.304 e. The van der Waals surface area contributed by atoms with E-state index in [0.29, 0.717) is 6.04 Å². The maximum atomic E-state index is 10.9. The normalized spacial score (nSPS) is 24.5. The molecule has 1 aliphatic carbocycles. The SMILES string of the molecule is O=C(O)CC1CCCN1Cc1ccn(C2CCCC2)n1. The molecule has 20 heavy (non-hydrogen) atoms. The number of aliphatic carboxylic acids is 1. The van der Waals surface area contributed by atoms with Crippen molar-refractivity contribution in [2.24, 2.45) is 0 Å². The van der Waals surface area contributed by atoms with E-state index in [1.165, 1.54) is 25.7 Å². The van der Waals surface area contributed by atoms with Gasteiger partial charge in [0.05, 0.1) is 18.2 Å². The van der Waals surface area contributed by atoms with Crippen molar-refractivity contribution in [2.45, 2.75) is 63.6 Å². The Labute approximate surface area is 119 Å². The van der Waals surface area contributed by atoms with E-state index < -0.39 is 5.97 Å². The molecular formula is C15H23N3O2. The van der Waals surface area contributed by atoms with Gasteiger partial charge in [-0.3, -0.25) is 14.4 Å². The van der Waals surface area contributed by atoms with Gasteiger partial charge in [-0.15, -0.1) is 0 Å². The van der Waals surface area contributed by atoms with E-state index in [9.17, 15) is 4.79 Å². The van der Waals surface area contributed by atoms with E-state index in [0.717, 1.165) is 31.6 Å². The molecule has 2 fully saturated rings. The van der Waals surface area contributed by atoms with Crippen LogP contribution in [0, 0.1) is 0 Å². The molecule has 2 heterocycles. The average molecular weight is 277 g/mol. The van der Waals surface area contributed by atoms with Gasteiger partial charge in [-0.05, 0) is 38.3 Å². The summed E-state index contributed by atoms with van der Waals surface area (Å²) in [6.07, 6.45) is 9.55. The molecule has 3 rings (SSSR count). The van der Waals surface area contributed by atoms with E-state index in [1.54, 1.807) is 0 Å². The molecule has 5 nitrogen and oxygen atoms in total. The Bertz CT molecular complexity index is 465. The van der Waals surface area contributed by atoms with Crippen LogP contribution in [0.5, 0.6) is 0 Å². The first kappa shape index (κ1) is 13.6. The number of aromatic nitrogens is 2. The first-order valence-electron chi connectivity index (χ1n) is 7.72. The van der Waals surface area contributed by atoms with Gasteiger partial charge in [-0.2, -0.15) is 5.10 Å². The molecular weight excluding hydrogens is 254 g/mol. The molecule has 1 unspecified atom stereocenters. The van der Waals surface area contributed by atoms with Crippen molar-refractivity contribution in [2.75, 3.05) is 6.54 Å². The van der Waals surface area contributed by atoms with Crippen LogP contribution in [0.4, 0.5) is 0 Å². The standard InChI is InChI=1S/C15H23N3O2/c19-15(20)10-14-6-3-8-17(14)11-12-7-9-18(16-12)13-4-1-2-5-13/h7,9,13-14H,1-6,8,10-11H2,(H,19,20). The molecule has 1 aliphatic heterocycles. The second-order valence-electron chi connectivity index (χ2n) is 6.09. The van der Waals surface area contributed by atoms with Gasteiger partial charge >= 0.3 is 5.97 Å². The number of likely N-dealkylation sites (tertiary alicyclic amines) is 1. The molecule has 1 N–H and O–H groups in total. The van der Waals surface area contributed by atoms with E-state index in [-0.39, 0.29) is 12.5 Å². The molecule has 1 saturated heterocycles. The number of carboxylic acid groups (broad SMARTS) is 1. The van der Waals surface area contributed by atoms with Crippen molar-refractivity contribution in [1.82, 2.24) is 14.7 Å². The zero-order valence-electron chi connectivity index (χ0n) is 11.9. The van der Waals surface area contributed by atoms with Gasteiger partial charge in [0.1, 0.15) is 0 Å². The van der Waals surface area contributed by atoms with Crippen LogP contribution >= 0.6 is 0 Å². The molecule has 1 saturated carbocycles. The molecule has 0 spiro atoms. The lowest BCUT2D eigenvalue weighted by Gasteiger charge is -2.22. The highest BCUT2D eigenvalue weighted by Crippen LogP contribution is 2.29. The van der Waals surface area contributed by atoms with Crippen molar-refractivity contribution in [1.29, 1.82) is 0 Å². The highest BCUT2D eigenvalue weighted by atomic mass is 16.4. The molecule has 1 aromatic heterocycles. The Balaban J connectivity index is 1.60. The van der Waals surface area contributed by atoms with Crippen LogP contribution < -0.4 is 0 Å². The summed E-state index contributed by atoms with van der Waals surface area (Å²) < 4.78 is 2.12. The third-order valence-corrected chi connectivity index (χ3v) is 4.64. The van der Waals surface area contributed by atoms with Crippen LogP contribution in [0.25, 0.3) is 0 Å². The molecule has 0 radical (unpaired) electrons. The summed E-state index contributed by atoms with van der Waals surface area (Å²) in [5.41, 5.74) is 1.08. The van der Waals surface area contributed by atoms with Crippen LogP contribution in [0.2, 0.25) is 0 Å². The maximum absolute atomic E-state index is 10.9. The molecule has 5 heteroatoms. The fourth-order valence-electron chi connectivity index (χ4n) is 3.58. The smallest absolute Gasteiger partial charge is 0.304 e. The fraction of sp³-hybridized carbons (Fsp3) is 0.733. The first-order valence-corrected chi connectivity index (χ1v) is 7.72. The minimum atomic E-state index is -0.696. The third kappa shape index (κ3) is 3.03. The number of hydrogen-bond donors (Lipinski definition) is 1. The second-order valence-corrected chi connectivity index (χ2v) is 6.09. The Morgan fingerprint density at radius 1 is 1.30 bits per heavy atom. The van der Waals surface area contributed by atoms with Crippen LogP contribution in [-0.4, -0.2) is 38.3 Å². The second kappa shape index (κ2) is 5.95. The van der Waals surface area contributed by atoms with Crippen molar-refractivity contribution in [3.63, 3.8) is 0 Å². The fourth-order valence-corrected chi connectivity index (χ4v) is 3.58. The zero-order chi connectivity index (χ0) is 13.9. The van der Waals surface area contributed by atoms with Gasteiger partial charge in [-0.25, -0.2) is 0 Å². The summed E-state index contributed by atoms with van der Waals surface area (Å²) in [5.74, 6) is -0.696. The summed E-state index contributed by atoms with van der Waals surface area (Å²) >= 11 is 0. The molecule has 0 bridgehead atoms. The summed E-state index contributed by atoms with van der Waals surface area (Å²) in [7, 11) is 0. The lowest BCUT2D eigenvalue weighted by Crippen LogP contribution is -2.31. The quantitative estimate of drug-likeness (QED) is 0.898. The highest BCUT2D eigenvalue weighted by Gasteiger charge is 2.27. The predicted octanol–water partition coefficient (Wildman–Crippen LogP) is 2.44. The Morgan fingerprint density at radius 2 is 2.10 bits per heavy atom. The van der Waals surface area contributed by atoms with E-state index in [2.05, 4.69) is 21.8 Å². The molecule has 110 valence electrons. The Morgan fingerprint density at radius 3 is 2.85 bits per heavy atom. The summed E-state index contributed by atoms with van der Waals surface area (Å²) in [6.45, 7) is 1.78. The highest BCUT2D eigenvalue weighted by molar-refractivity contribution is 5.67. The minimum absolute atomic E-state index is 0.184. The van der Waals surface area contributed by atoms with Crippen molar-refractivity contribution in [3.05, 3.63) is 18.0 Å². The lowest BCUT2D eigenvalue weighted by molar-refractivity contribution is -0.138. The van der Waals surface area contributed by atoms with Crippen LogP contribution in [0.3, 0.4) is 0 Å². The number of nitrogens with zero attached hydrogens (tertiary/aromatic N) is 3. The van der Waals surface area contributed by atoms with E-state index in [1.807, 2.05) is 0 Å². The topological polar surface area (TPSA) is 58.4 Å².